The molecule has 0 spiro atoms. The SMILES string of the molecule is CCC(C(=O)Nc1ccc(NC(N)=O)cc1)n1nnc(-c2ccc(Cl)cc2)n1. The van der Waals surface area contributed by atoms with Crippen molar-refractivity contribution in [2.24, 2.45) is 5.73 Å². The first-order valence-corrected chi connectivity index (χ1v) is 8.87. The Morgan fingerprint density at radius 2 is 1.68 bits per heavy atom. The summed E-state index contributed by atoms with van der Waals surface area (Å²) in [5.41, 5.74) is 6.92. The molecule has 144 valence electrons. The Morgan fingerprint density at radius 3 is 2.25 bits per heavy atom. The third-order valence-corrected chi connectivity index (χ3v) is 4.17. The van der Waals surface area contributed by atoms with E-state index in [1.54, 1.807) is 48.5 Å². The molecule has 1 atom stereocenters. The topological polar surface area (TPSA) is 128 Å². The van der Waals surface area contributed by atoms with Crippen molar-refractivity contribution in [1.82, 2.24) is 20.2 Å². The number of carbonyl (C=O) groups is 2. The minimum absolute atomic E-state index is 0.279. The minimum atomic E-state index is -0.656. The molecule has 0 aliphatic rings. The van der Waals surface area contributed by atoms with Gasteiger partial charge in [0, 0.05) is 22.0 Å². The summed E-state index contributed by atoms with van der Waals surface area (Å²) in [6, 6.07) is 12.3. The van der Waals surface area contributed by atoms with Gasteiger partial charge in [-0.05, 0) is 60.2 Å². The summed E-state index contributed by atoms with van der Waals surface area (Å²) >= 11 is 5.89. The highest BCUT2D eigenvalue weighted by molar-refractivity contribution is 6.30. The molecule has 28 heavy (non-hydrogen) atoms. The first-order valence-electron chi connectivity index (χ1n) is 8.49. The molecule has 0 bridgehead atoms. The second-order valence-corrected chi connectivity index (χ2v) is 6.36. The molecule has 3 rings (SSSR count). The van der Waals surface area contributed by atoms with Crippen molar-refractivity contribution in [2.75, 3.05) is 10.6 Å². The van der Waals surface area contributed by atoms with E-state index in [0.717, 1.165) is 5.56 Å². The summed E-state index contributed by atoms with van der Waals surface area (Å²) < 4.78 is 0. The molecule has 0 radical (unpaired) electrons. The van der Waals surface area contributed by atoms with Crippen molar-refractivity contribution in [2.45, 2.75) is 19.4 Å². The van der Waals surface area contributed by atoms with Crippen LogP contribution >= 0.6 is 11.6 Å². The smallest absolute Gasteiger partial charge is 0.316 e. The molecule has 10 heteroatoms. The average molecular weight is 400 g/mol. The van der Waals surface area contributed by atoms with Crippen LogP contribution in [0.25, 0.3) is 11.4 Å². The Hall–Kier alpha value is -3.46. The lowest BCUT2D eigenvalue weighted by Crippen LogP contribution is -2.27. The van der Waals surface area contributed by atoms with Gasteiger partial charge in [-0.2, -0.15) is 4.80 Å². The van der Waals surface area contributed by atoms with Crippen molar-refractivity contribution in [3.05, 3.63) is 53.6 Å². The van der Waals surface area contributed by atoms with Crippen molar-refractivity contribution in [1.29, 1.82) is 0 Å². The van der Waals surface area contributed by atoms with Gasteiger partial charge in [0.05, 0.1) is 0 Å². The van der Waals surface area contributed by atoms with Gasteiger partial charge in [-0.1, -0.05) is 18.5 Å². The molecule has 0 aliphatic carbocycles. The first-order chi connectivity index (χ1) is 13.5. The number of benzene rings is 2. The van der Waals surface area contributed by atoms with Crippen LogP contribution in [0.4, 0.5) is 16.2 Å². The van der Waals surface area contributed by atoms with Gasteiger partial charge in [-0.25, -0.2) is 4.79 Å². The number of halogens is 1. The Bertz CT molecular complexity index is 970. The fraction of sp³-hybridized carbons (Fsp3) is 0.167. The van der Waals surface area contributed by atoms with Crippen LogP contribution in [-0.2, 0) is 4.79 Å². The van der Waals surface area contributed by atoms with Crippen LogP contribution in [0.1, 0.15) is 19.4 Å². The number of nitrogens with two attached hydrogens (primary N) is 1. The van der Waals surface area contributed by atoms with E-state index >= 15 is 0 Å². The third-order valence-electron chi connectivity index (χ3n) is 3.92. The molecule has 1 heterocycles. The number of hydrogen-bond acceptors (Lipinski definition) is 5. The number of rotatable bonds is 6. The highest BCUT2D eigenvalue weighted by atomic mass is 35.5. The molecule has 3 aromatic rings. The number of nitrogens with one attached hydrogen (secondary N) is 2. The van der Waals surface area contributed by atoms with Gasteiger partial charge >= 0.3 is 6.03 Å². The fourth-order valence-corrected chi connectivity index (χ4v) is 2.66. The number of carbonyl (C=O) groups excluding carboxylic acids is 2. The predicted octanol–water partition coefficient (Wildman–Crippen LogP) is 3.07. The molecule has 0 saturated heterocycles. The summed E-state index contributed by atoms with van der Waals surface area (Å²) in [6.07, 6.45) is 0.476. The van der Waals surface area contributed by atoms with Crippen LogP contribution in [-0.4, -0.2) is 32.1 Å². The van der Waals surface area contributed by atoms with E-state index in [2.05, 4.69) is 26.0 Å². The van der Waals surface area contributed by atoms with Crippen molar-refractivity contribution in [3.8, 4) is 11.4 Å². The van der Waals surface area contributed by atoms with E-state index in [9.17, 15) is 9.59 Å². The summed E-state index contributed by atoms with van der Waals surface area (Å²) in [4.78, 5) is 24.8. The van der Waals surface area contributed by atoms with Crippen LogP contribution in [0.3, 0.4) is 0 Å². The van der Waals surface area contributed by atoms with E-state index in [-0.39, 0.29) is 5.91 Å². The number of aromatic nitrogens is 4. The summed E-state index contributed by atoms with van der Waals surface area (Å²) in [6.45, 7) is 1.86. The highest BCUT2D eigenvalue weighted by Crippen LogP contribution is 2.20. The maximum atomic E-state index is 12.7. The van der Waals surface area contributed by atoms with Crippen molar-refractivity contribution >= 4 is 34.9 Å². The molecule has 1 aromatic heterocycles. The maximum Gasteiger partial charge on any atom is 0.316 e. The molecule has 0 saturated carbocycles. The van der Waals surface area contributed by atoms with Crippen LogP contribution in [0.2, 0.25) is 5.02 Å². The van der Waals surface area contributed by atoms with E-state index in [1.807, 2.05) is 6.92 Å². The first kappa shape index (κ1) is 19.3. The molecular formula is C18H18ClN7O2. The van der Waals surface area contributed by atoms with Crippen LogP contribution in [0.5, 0.6) is 0 Å². The van der Waals surface area contributed by atoms with Crippen molar-refractivity contribution in [3.63, 3.8) is 0 Å². The van der Waals surface area contributed by atoms with Gasteiger partial charge in [-0.15, -0.1) is 10.2 Å². The fourth-order valence-electron chi connectivity index (χ4n) is 2.53. The van der Waals surface area contributed by atoms with Gasteiger partial charge in [-0.3, -0.25) is 4.79 Å². The minimum Gasteiger partial charge on any atom is -0.351 e. The molecule has 2 aromatic carbocycles. The lowest BCUT2D eigenvalue weighted by atomic mass is 10.2. The molecule has 4 N–H and O–H groups in total. The summed E-state index contributed by atoms with van der Waals surface area (Å²) in [5, 5.41) is 18.2. The lowest BCUT2D eigenvalue weighted by Gasteiger charge is -2.14. The predicted molar refractivity (Wildman–Crippen MR) is 106 cm³/mol. The van der Waals surface area contributed by atoms with E-state index < -0.39 is 12.1 Å². The molecule has 0 aliphatic heterocycles. The third kappa shape index (κ3) is 4.63. The largest absolute Gasteiger partial charge is 0.351 e. The lowest BCUT2D eigenvalue weighted by molar-refractivity contribution is -0.119. The van der Waals surface area contributed by atoms with Crippen LogP contribution in [0.15, 0.2) is 48.5 Å². The molecular weight excluding hydrogens is 382 g/mol. The average Bonchev–Trinajstić information content (AvgIpc) is 3.14. The van der Waals surface area contributed by atoms with Crippen molar-refractivity contribution < 1.29 is 9.59 Å². The number of urea groups is 1. The van der Waals surface area contributed by atoms with Crippen LogP contribution in [0, 0.1) is 0 Å². The molecule has 3 amide bonds. The quantitative estimate of drug-likeness (QED) is 0.586. The number of tetrazole rings is 1. The standard InChI is InChI=1S/C18H18ClN7O2/c1-2-15(17(27)21-13-7-9-14(10-8-13)22-18(20)28)26-24-16(23-25-26)11-3-5-12(19)6-4-11/h3-10,15H,2H2,1H3,(H,21,27)(H3,20,22,28). The number of amides is 3. The summed E-state index contributed by atoms with van der Waals surface area (Å²) in [5.74, 6) is 0.128. The monoisotopic (exact) mass is 399 g/mol. The van der Waals surface area contributed by atoms with Gasteiger partial charge in [0.15, 0.2) is 6.04 Å². The zero-order chi connectivity index (χ0) is 20.1. The van der Waals surface area contributed by atoms with E-state index in [0.29, 0.717) is 28.6 Å². The number of anilines is 2. The van der Waals surface area contributed by atoms with Gasteiger partial charge in [0.2, 0.25) is 5.82 Å². The number of hydrogen-bond donors (Lipinski definition) is 3. The van der Waals surface area contributed by atoms with E-state index in [4.69, 9.17) is 17.3 Å². The maximum absolute atomic E-state index is 12.7. The van der Waals surface area contributed by atoms with Gasteiger partial charge < -0.3 is 16.4 Å². The Kier molecular flexibility index (Phi) is 5.85. The van der Waals surface area contributed by atoms with Gasteiger partial charge in [0.25, 0.3) is 5.91 Å². The Balaban J connectivity index is 1.71. The number of nitrogens with zero attached hydrogens (tertiary/aromatic N) is 4. The molecule has 1 unspecified atom stereocenters. The second-order valence-electron chi connectivity index (χ2n) is 5.92. The Labute approximate surface area is 165 Å². The second kappa shape index (κ2) is 8.49. The normalized spacial score (nSPS) is 11.6. The molecule has 9 nitrogen and oxygen atoms in total. The Morgan fingerprint density at radius 1 is 1.07 bits per heavy atom. The van der Waals surface area contributed by atoms with E-state index in [1.165, 1.54) is 4.80 Å². The zero-order valence-electron chi connectivity index (χ0n) is 15.0. The van der Waals surface area contributed by atoms with Crippen LogP contribution < -0.4 is 16.4 Å². The molecule has 0 fully saturated rings. The number of primary amides is 1. The zero-order valence-corrected chi connectivity index (χ0v) is 15.7. The summed E-state index contributed by atoms with van der Waals surface area (Å²) in [7, 11) is 0. The highest BCUT2D eigenvalue weighted by Gasteiger charge is 2.22. The van der Waals surface area contributed by atoms with Gasteiger partial charge in [0.1, 0.15) is 0 Å².